The average molecular weight is 236 g/mol. The van der Waals surface area contributed by atoms with Crippen LogP contribution in [0.15, 0.2) is 24.3 Å². The molecule has 2 N–H and O–H groups in total. The first kappa shape index (κ1) is 12.4. The summed E-state index contributed by atoms with van der Waals surface area (Å²) in [7, 11) is 0. The summed E-state index contributed by atoms with van der Waals surface area (Å²) < 4.78 is 5.77. The van der Waals surface area contributed by atoms with Gasteiger partial charge in [-0.15, -0.1) is 0 Å². The molecule has 0 aromatic heterocycles. The van der Waals surface area contributed by atoms with Crippen LogP contribution in [0.4, 0.5) is 0 Å². The lowest BCUT2D eigenvalue weighted by atomic mass is 9.95. The fraction of sp³-hybridized carbons (Fsp3) is 0.571. The SMILES string of the molecule is C[C@@H](O)c1ccc(OC2CCCCC2O)cc1. The van der Waals surface area contributed by atoms with Crippen molar-refractivity contribution in [3.8, 4) is 5.75 Å². The second kappa shape index (κ2) is 5.52. The van der Waals surface area contributed by atoms with Crippen LogP contribution < -0.4 is 4.74 Å². The second-order valence-corrected chi connectivity index (χ2v) is 4.75. The van der Waals surface area contributed by atoms with Gasteiger partial charge in [0.15, 0.2) is 0 Å². The number of hydrogen-bond acceptors (Lipinski definition) is 3. The number of ether oxygens (including phenoxy) is 1. The standard InChI is InChI=1S/C14H20O3/c1-10(15)11-6-8-12(9-7-11)17-14-5-3-2-4-13(14)16/h6-10,13-16H,2-5H2,1H3/t10-,13?,14?/m1/s1. The van der Waals surface area contributed by atoms with Gasteiger partial charge in [0.2, 0.25) is 0 Å². The highest BCUT2D eigenvalue weighted by molar-refractivity contribution is 5.28. The Morgan fingerprint density at radius 1 is 1.18 bits per heavy atom. The van der Waals surface area contributed by atoms with E-state index < -0.39 is 6.10 Å². The summed E-state index contributed by atoms with van der Waals surface area (Å²) in [4.78, 5) is 0. The van der Waals surface area contributed by atoms with Crippen LogP contribution in [0.1, 0.15) is 44.3 Å². The van der Waals surface area contributed by atoms with Crippen molar-refractivity contribution in [3.63, 3.8) is 0 Å². The molecule has 94 valence electrons. The summed E-state index contributed by atoms with van der Waals surface area (Å²) in [5.41, 5.74) is 0.876. The average Bonchev–Trinajstić information content (AvgIpc) is 2.33. The lowest BCUT2D eigenvalue weighted by Crippen LogP contribution is -2.34. The highest BCUT2D eigenvalue weighted by Gasteiger charge is 2.24. The molecule has 0 aliphatic heterocycles. The topological polar surface area (TPSA) is 49.7 Å². The van der Waals surface area contributed by atoms with E-state index in [1.54, 1.807) is 6.92 Å². The maximum absolute atomic E-state index is 9.81. The van der Waals surface area contributed by atoms with Gasteiger partial charge in [0.05, 0.1) is 12.2 Å². The summed E-state index contributed by atoms with van der Waals surface area (Å²) in [6.45, 7) is 1.74. The first-order valence-electron chi connectivity index (χ1n) is 6.29. The molecule has 0 bridgehead atoms. The van der Waals surface area contributed by atoms with Crippen molar-refractivity contribution >= 4 is 0 Å². The highest BCUT2D eigenvalue weighted by Crippen LogP contribution is 2.25. The van der Waals surface area contributed by atoms with Crippen LogP contribution in [0.3, 0.4) is 0 Å². The number of aliphatic hydroxyl groups excluding tert-OH is 2. The molecule has 3 heteroatoms. The first-order valence-corrected chi connectivity index (χ1v) is 6.29. The molecule has 3 nitrogen and oxygen atoms in total. The zero-order valence-corrected chi connectivity index (χ0v) is 10.2. The molecule has 0 amide bonds. The van der Waals surface area contributed by atoms with Crippen molar-refractivity contribution in [2.75, 3.05) is 0 Å². The van der Waals surface area contributed by atoms with Gasteiger partial charge in [0, 0.05) is 0 Å². The van der Waals surface area contributed by atoms with Crippen molar-refractivity contribution < 1.29 is 14.9 Å². The summed E-state index contributed by atoms with van der Waals surface area (Å²) in [5.74, 6) is 0.764. The Morgan fingerprint density at radius 2 is 1.82 bits per heavy atom. The van der Waals surface area contributed by atoms with Gasteiger partial charge in [-0.1, -0.05) is 18.6 Å². The van der Waals surface area contributed by atoms with Crippen molar-refractivity contribution in [1.29, 1.82) is 0 Å². The van der Waals surface area contributed by atoms with E-state index in [9.17, 15) is 10.2 Å². The minimum atomic E-state index is -0.454. The molecule has 17 heavy (non-hydrogen) atoms. The van der Waals surface area contributed by atoms with Crippen molar-refractivity contribution in [2.24, 2.45) is 0 Å². The van der Waals surface area contributed by atoms with Gasteiger partial charge in [-0.05, 0) is 43.9 Å². The predicted molar refractivity (Wildman–Crippen MR) is 66.0 cm³/mol. The molecular formula is C14H20O3. The second-order valence-electron chi connectivity index (χ2n) is 4.75. The number of aliphatic hydroxyl groups is 2. The lowest BCUT2D eigenvalue weighted by molar-refractivity contribution is 0.00685. The van der Waals surface area contributed by atoms with Gasteiger partial charge in [0.25, 0.3) is 0 Å². The first-order chi connectivity index (χ1) is 8.16. The van der Waals surface area contributed by atoms with Gasteiger partial charge >= 0.3 is 0 Å². The zero-order valence-electron chi connectivity index (χ0n) is 10.2. The largest absolute Gasteiger partial charge is 0.488 e. The van der Waals surface area contributed by atoms with E-state index in [1.807, 2.05) is 24.3 Å². The molecule has 0 spiro atoms. The third-order valence-electron chi connectivity index (χ3n) is 3.32. The molecule has 1 saturated carbocycles. The quantitative estimate of drug-likeness (QED) is 0.847. The number of benzene rings is 1. The van der Waals surface area contributed by atoms with Crippen LogP contribution in [0, 0.1) is 0 Å². The molecule has 3 atom stereocenters. The molecule has 2 rings (SSSR count). The molecule has 0 saturated heterocycles. The Morgan fingerprint density at radius 3 is 2.41 bits per heavy atom. The summed E-state index contributed by atoms with van der Waals surface area (Å²) in [5, 5.41) is 19.2. The Kier molecular flexibility index (Phi) is 4.02. The van der Waals surface area contributed by atoms with Crippen LogP contribution >= 0.6 is 0 Å². The van der Waals surface area contributed by atoms with E-state index in [4.69, 9.17) is 4.74 Å². The Hall–Kier alpha value is -1.06. The molecule has 0 heterocycles. The predicted octanol–water partition coefficient (Wildman–Crippen LogP) is 2.42. The van der Waals surface area contributed by atoms with E-state index in [2.05, 4.69) is 0 Å². The Bertz CT molecular complexity index is 345. The van der Waals surface area contributed by atoms with Gasteiger partial charge in [-0.25, -0.2) is 0 Å². The molecule has 1 aliphatic rings. The fourth-order valence-electron chi connectivity index (χ4n) is 2.21. The Balaban J connectivity index is 1.98. The van der Waals surface area contributed by atoms with Crippen LogP contribution in [-0.4, -0.2) is 22.4 Å². The van der Waals surface area contributed by atoms with Crippen LogP contribution in [0.5, 0.6) is 5.75 Å². The van der Waals surface area contributed by atoms with Crippen molar-refractivity contribution in [3.05, 3.63) is 29.8 Å². The maximum Gasteiger partial charge on any atom is 0.124 e. The van der Waals surface area contributed by atoms with Crippen LogP contribution in [0.2, 0.25) is 0 Å². The maximum atomic E-state index is 9.81. The molecule has 1 aliphatic carbocycles. The van der Waals surface area contributed by atoms with Crippen molar-refractivity contribution in [1.82, 2.24) is 0 Å². The van der Waals surface area contributed by atoms with E-state index in [-0.39, 0.29) is 12.2 Å². The third kappa shape index (κ3) is 3.20. The zero-order chi connectivity index (χ0) is 12.3. The van der Waals surface area contributed by atoms with Gasteiger partial charge in [-0.2, -0.15) is 0 Å². The fourth-order valence-corrected chi connectivity index (χ4v) is 2.21. The molecule has 1 fully saturated rings. The van der Waals surface area contributed by atoms with Crippen LogP contribution in [-0.2, 0) is 0 Å². The highest BCUT2D eigenvalue weighted by atomic mass is 16.5. The minimum Gasteiger partial charge on any atom is -0.488 e. The summed E-state index contributed by atoms with van der Waals surface area (Å²) >= 11 is 0. The summed E-state index contributed by atoms with van der Waals surface area (Å²) in [6, 6.07) is 7.41. The van der Waals surface area contributed by atoms with Crippen molar-refractivity contribution in [2.45, 2.75) is 50.9 Å². The third-order valence-corrected chi connectivity index (χ3v) is 3.32. The molecule has 1 aromatic rings. The van der Waals surface area contributed by atoms with E-state index in [1.165, 1.54) is 0 Å². The minimum absolute atomic E-state index is 0.0823. The smallest absolute Gasteiger partial charge is 0.124 e. The molecular weight excluding hydrogens is 216 g/mol. The molecule has 1 aromatic carbocycles. The van der Waals surface area contributed by atoms with Gasteiger partial charge in [0.1, 0.15) is 11.9 Å². The van der Waals surface area contributed by atoms with Crippen LogP contribution in [0.25, 0.3) is 0 Å². The van der Waals surface area contributed by atoms with Gasteiger partial charge in [-0.3, -0.25) is 0 Å². The van der Waals surface area contributed by atoms with E-state index in [0.717, 1.165) is 37.0 Å². The summed E-state index contributed by atoms with van der Waals surface area (Å²) in [6.07, 6.45) is 3.07. The number of hydrogen-bond donors (Lipinski definition) is 2. The molecule has 2 unspecified atom stereocenters. The van der Waals surface area contributed by atoms with Gasteiger partial charge < -0.3 is 14.9 Å². The van der Waals surface area contributed by atoms with E-state index >= 15 is 0 Å². The Labute approximate surface area is 102 Å². The number of rotatable bonds is 3. The monoisotopic (exact) mass is 236 g/mol. The van der Waals surface area contributed by atoms with E-state index in [0.29, 0.717) is 0 Å². The normalized spacial score (nSPS) is 26.5. The molecule has 0 radical (unpaired) electrons. The lowest BCUT2D eigenvalue weighted by Gasteiger charge is -2.28.